The average Bonchev–Trinajstić information content (AvgIpc) is 2.51. The highest BCUT2D eigenvalue weighted by Crippen LogP contribution is 2.19. The van der Waals surface area contributed by atoms with Crippen LogP contribution in [0.25, 0.3) is 0 Å². The molecule has 5 nitrogen and oxygen atoms in total. The zero-order valence-electron chi connectivity index (χ0n) is 11.5. The molecule has 1 saturated carbocycles. The van der Waals surface area contributed by atoms with E-state index in [4.69, 9.17) is 15.2 Å². The van der Waals surface area contributed by atoms with Crippen molar-refractivity contribution in [2.24, 2.45) is 5.73 Å². The Bertz CT molecular complexity index is 248. The average molecular weight is 258 g/mol. The Hall–Kier alpha value is -0.650. The minimum absolute atomic E-state index is 0.00825. The monoisotopic (exact) mass is 258 g/mol. The van der Waals surface area contributed by atoms with Gasteiger partial charge in [-0.3, -0.25) is 4.79 Å². The van der Waals surface area contributed by atoms with Gasteiger partial charge in [-0.25, -0.2) is 0 Å². The highest BCUT2D eigenvalue weighted by Gasteiger charge is 2.21. The second-order valence-corrected chi connectivity index (χ2v) is 5.08. The van der Waals surface area contributed by atoms with Gasteiger partial charge < -0.3 is 20.5 Å². The molecule has 1 aliphatic carbocycles. The predicted molar refractivity (Wildman–Crippen MR) is 70.3 cm³/mol. The number of hydrogen-bond donors (Lipinski definition) is 2. The number of nitrogens with one attached hydrogen (secondary N) is 1. The molecule has 0 aromatic heterocycles. The Balaban J connectivity index is 2.23. The van der Waals surface area contributed by atoms with Gasteiger partial charge in [0.15, 0.2) is 0 Å². The van der Waals surface area contributed by atoms with Gasteiger partial charge in [-0.1, -0.05) is 19.3 Å². The predicted octanol–water partition coefficient (Wildman–Crippen LogP) is 0.814. The van der Waals surface area contributed by atoms with Crippen molar-refractivity contribution in [3.05, 3.63) is 0 Å². The largest absolute Gasteiger partial charge is 0.383 e. The van der Waals surface area contributed by atoms with Crippen molar-refractivity contribution in [3.63, 3.8) is 0 Å². The smallest absolute Gasteiger partial charge is 0.246 e. The fourth-order valence-corrected chi connectivity index (χ4v) is 2.30. The Morgan fingerprint density at radius 2 is 2.11 bits per heavy atom. The molecule has 3 atom stereocenters. The van der Waals surface area contributed by atoms with E-state index >= 15 is 0 Å². The molecule has 0 saturated heterocycles. The summed E-state index contributed by atoms with van der Waals surface area (Å²) in [5.41, 5.74) is 6.04. The van der Waals surface area contributed by atoms with E-state index in [-0.39, 0.29) is 30.7 Å². The fourth-order valence-electron chi connectivity index (χ4n) is 2.30. The molecule has 0 spiro atoms. The van der Waals surface area contributed by atoms with E-state index < -0.39 is 0 Å². The van der Waals surface area contributed by atoms with Gasteiger partial charge in [-0.15, -0.1) is 0 Å². The molecule has 3 unspecified atom stereocenters. The zero-order chi connectivity index (χ0) is 13.4. The number of rotatable bonds is 6. The molecule has 0 radical (unpaired) electrons. The summed E-state index contributed by atoms with van der Waals surface area (Å²) in [4.78, 5) is 11.6. The van der Waals surface area contributed by atoms with Crippen LogP contribution in [0.1, 0.15) is 39.0 Å². The first-order chi connectivity index (χ1) is 8.63. The van der Waals surface area contributed by atoms with E-state index in [9.17, 15) is 4.79 Å². The van der Waals surface area contributed by atoms with Crippen LogP contribution in [0.4, 0.5) is 0 Å². The van der Waals surface area contributed by atoms with Crippen molar-refractivity contribution in [3.8, 4) is 0 Å². The fraction of sp³-hybridized carbons (Fsp3) is 0.923. The van der Waals surface area contributed by atoms with Crippen LogP contribution < -0.4 is 11.1 Å². The maximum Gasteiger partial charge on any atom is 0.246 e. The number of nitrogens with two attached hydrogens (primary N) is 1. The molecule has 0 heterocycles. The van der Waals surface area contributed by atoms with E-state index in [1.54, 1.807) is 7.11 Å². The minimum atomic E-state index is -0.101. The van der Waals surface area contributed by atoms with Gasteiger partial charge in [0.1, 0.15) is 6.61 Å². The first-order valence-corrected chi connectivity index (χ1v) is 6.79. The molecule has 0 aromatic carbocycles. The quantitative estimate of drug-likeness (QED) is 0.692. The highest BCUT2D eigenvalue weighted by atomic mass is 16.5. The third kappa shape index (κ3) is 5.80. The van der Waals surface area contributed by atoms with Crippen LogP contribution in [0.5, 0.6) is 0 Å². The maximum atomic E-state index is 11.6. The summed E-state index contributed by atoms with van der Waals surface area (Å²) in [6, 6.07) is 0.0746. The number of methoxy groups -OCH3 is 1. The van der Waals surface area contributed by atoms with Gasteiger partial charge >= 0.3 is 0 Å². The number of carbonyl (C=O) groups excluding carboxylic acids is 1. The lowest BCUT2D eigenvalue weighted by Crippen LogP contribution is -2.41. The molecule has 1 aliphatic rings. The Labute approximate surface area is 109 Å². The molecule has 0 aromatic rings. The summed E-state index contributed by atoms with van der Waals surface area (Å²) < 4.78 is 10.6. The highest BCUT2D eigenvalue weighted by molar-refractivity contribution is 5.77. The summed E-state index contributed by atoms with van der Waals surface area (Å²) >= 11 is 0. The molecule has 106 valence electrons. The number of hydrogen-bond acceptors (Lipinski definition) is 4. The lowest BCUT2D eigenvalue weighted by Gasteiger charge is -2.22. The summed E-state index contributed by atoms with van der Waals surface area (Å²) in [5, 5.41) is 2.82. The van der Waals surface area contributed by atoms with E-state index in [1.807, 2.05) is 6.92 Å². The lowest BCUT2D eigenvalue weighted by atomic mass is 10.1. The van der Waals surface area contributed by atoms with Crippen molar-refractivity contribution in [1.29, 1.82) is 0 Å². The van der Waals surface area contributed by atoms with Crippen LogP contribution in [0.15, 0.2) is 0 Å². The maximum absolute atomic E-state index is 11.6. The molecule has 0 bridgehead atoms. The summed E-state index contributed by atoms with van der Waals surface area (Å²) in [6.45, 7) is 2.50. The molecule has 1 fully saturated rings. The number of ether oxygens (including phenoxy) is 2. The Morgan fingerprint density at radius 1 is 1.39 bits per heavy atom. The van der Waals surface area contributed by atoms with Crippen molar-refractivity contribution < 1.29 is 14.3 Å². The van der Waals surface area contributed by atoms with Crippen molar-refractivity contribution >= 4 is 5.91 Å². The van der Waals surface area contributed by atoms with Crippen LogP contribution >= 0.6 is 0 Å². The van der Waals surface area contributed by atoms with Crippen LogP contribution in [0, 0.1) is 0 Å². The lowest BCUT2D eigenvalue weighted by molar-refractivity contribution is -0.129. The first-order valence-electron chi connectivity index (χ1n) is 6.79. The van der Waals surface area contributed by atoms with Gasteiger partial charge in [0.05, 0.1) is 12.7 Å². The SMILES string of the molecule is COCC(C)NC(=O)COC1CCCCCC1N. The first kappa shape index (κ1) is 15.4. The van der Waals surface area contributed by atoms with Gasteiger partial charge in [0.2, 0.25) is 5.91 Å². The van der Waals surface area contributed by atoms with Crippen LogP contribution in [0.2, 0.25) is 0 Å². The molecular weight excluding hydrogens is 232 g/mol. The summed E-state index contributed by atoms with van der Waals surface area (Å²) in [5.74, 6) is -0.101. The number of amides is 1. The van der Waals surface area contributed by atoms with Gasteiger partial charge in [-0.05, 0) is 19.8 Å². The summed E-state index contributed by atoms with van der Waals surface area (Å²) in [7, 11) is 1.61. The third-order valence-electron chi connectivity index (χ3n) is 3.26. The van der Waals surface area contributed by atoms with Crippen molar-refractivity contribution in [2.45, 2.75) is 57.2 Å². The van der Waals surface area contributed by atoms with E-state index in [2.05, 4.69) is 5.32 Å². The number of carbonyl (C=O) groups is 1. The van der Waals surface area contributed by atoms with Crippen molar-refractivity contribution in [1.82, 2.24) is 5.32 Å². The molecule has 1 amide bonds. The summed E-state index contributed by atoms with van der Waals surface area (Å²) in [6.07, 6.45) is 5.49. The van der Waals surface area contributed by atoms with Crippen LogP contribution in [-0.4, -0.2) is 44.4 Å². The van der Waals surface area contributed by atoms with Crippen LogP contribution in [0.3, 0.4) is 0 Å². The van der Waals surface area contributed by atoms with Crippen molar-refractivity contribution in [2.75, 3.05) is 20.3 Å². The van der Waals surface area contributed by atoms with Gasteiger partial charge in [-0.2, -0.15) is 0 Å². The topological polar surface area (TPSA) is 73.6 Å². The van der Waals surface area contributed by atoms with E-state index in [1.165, 1.54) is 6.42 Å². The van der Waals surface area contributed by atoms with Gasteiger partial charge in [0.25, 0.3) is 0 Å². The normalized spacial score (nSPS) is 26.4. The third-order valence-corrected chi connectivity index (χ3v) is 3.26. The molecular formula is C13H26N2O3. The second kappa shape index (κ2) is 8.45. The zero-order valence-corrected chi connectivity index (χ0v) is 11.5. The molecule has 5 heteroatoms. The molecule has 18 heavy (non-hydrogen) atoms. The van der Waals surface area contributed by atoms with Crippen LogP contribution in [-0.2, 0) is 14.3 Å². The molecule has 3 N–H and O–H groups in total. The molecule has 0 aliphatic heterocycles. The van der Waals surface area contributed by atoms with E-state index in [0.717, 1.165) is 25.7 Å². The Morgan fingerprint density at radius 3 is 2.83 bits per heavy atom. The van der Waals surface area contributed by atoms with E-state index in [0.29, 0.717) is 6.61 Å². The molecule has 1 rings (SSSR count). The minimum Gasteiger partial charge on any atom is -0.383 e. The standard InChI is InChI=1S/C13H26N2O3/c1-10(8-17-2)15-13(16)9-18-12-7-5-3-4-6-11(12)14/h10-12H,3-9,14H2,1-2H3,(H,15,16). The Kier molecular flexibility index (Phi) is 7.23. The van der Waals surface area contributed by atoms with Gasteiger partial charge in [0, 0.05) is 19.2 Å². The second-order valence-electron chi connectivity index (χ2n) is 5.08.